The summed E-state index contributed by atoms with van der Waals surface area (Å²) in [5.41, 5.74) is 6.25. The largest absolute Gasteiger partial charge is 0.383 e. The van der Waals surface area contributed by atoms with E-state index in [1.807, 2.05) is 0 Å². The first-order valence-corrected chi connectivity index (χ1v) is 6.46. The van der Waals surface area contributed by atoms with Gasteiger partial charge in [0.05, 0.1) is 6.61 Å². The highest BCUT2D eigenvalue weighted by Crippen LogP contribution is 2.38. The number of hydrogen-bond donors (Lipinski definition) is 1. The molecule has 0 saturated heterocycles. The lowest BCUT2D eigenvalue weighted by Crippen LogP contribution is -2.56. The van der Waals surface area contributed by atoms with Gasteiger partial charge in [-0.15, -0.1) is 0 Å². The normalized spacial score (nSPS) is 35.6. The highest BCUT2D eigenvalue weighted by atomic mass is 16.5. The standard InChI is InChI=1S/C13H28N2O/c1-11-5-6-13(10-14,9-12(11)2)15(3)7-8-16-4/h11-12H,5-10,14H2,1-4H3. The summed E-state index contributed by atoms with van der Waals surface area (Å²) >= 11 is 0. The predicted octanol–water partition coefficient (Wildman–Crippen LogP) is 1.72. The second-order valence-electron chi connectivity index (χ2n) is 5.54. The smallest absolute Gasteiger partial charge is 0.0589 e. The Morgan fingerprint density at radius 2 is 2.06 bits per heavy atom. The van der Waals surface area contributed by atoms with Gasteiger partial charge in [-0.05, 0) is 38.1 Å². The molecule has 16 heavy (non-hydrogen) atoms. The fraction of sp³-hybridized carbons (Fsp3) is 1.00. The Morgan fingerprint density at radius 1 is 1.38 bits per heavy atom. The minimum atomic E-state index is 0.213. The molecule has 0 bridgehead atoms. The van der Waals surface area contributed by atoms with Crippen molar-refractivity contribution in [3.8, 4) is 0 Å². The molecule has 3 atom stereocenters. The third-order valence-electron chi connectivity index (χ3n) is 4.56. The molecule has 1 rings (SSSR count). The molecule has 96 valence electrons. The van der Waals surface area contributed by atoms with Crippen LogP contribution in [0.25, 0.3) is 0 Å². The van der Waals surface area contributed by atoms with E-state index in [9.17, 15) is 0 Å². The van der Waals surface area contributed by atoms with Gasteiger partial charge in [-0.3, -0.25) is 4.90 Å². The van der Waals surface area contributed by atoms with Gasteiger partial charge in [0.1, 0.15) is 0 Å². The van der Waals surface area contributed by atoms with Crippen molar-refractivity contribution in [3.63, 3.8) is 0 Å². The fourth-order valence-electron chi connectivity index (χ4n) is 2.84. The van der Waals surface area contributed by atoms with Crippen molar-refractivity contribution >= 4 is 0 Å². The molecule has 3 heteroatoms. The predicted molar refractivity (Wildman–Crippen MR) is 68.5 cm³/mol. The zero-order valence-electron chi connectivity index (χ0n) is 11.3. The van der Waals surface area contributed by atoms with E-state index >= 15 is 0 Å². The molecule has 0 aromatic carbocycles. The molecule has 2 N–H and O–H groups in total. The number of nitrogens with zero attached hydrogens (tertiary/aromatic N) is 1. The van der Waals surface area contributed by atoms with E-state index in [0.29, 0.717) is 0 Å². The topological polar surface area (TPSA) is 38.5 Å². The minimum absolute atomic E-state index is 0.213. The molecule has 0 spiro atoms. The van der Waals surface area contributed by atoms with E-state index in [1.54, 1.807) is 7.11 Å². The number of methoxy groups -OCH3 is 1. The molecule has 0 aromatic rings. The number of ether oxygens (including phenoxy) is 1. The van der Waals surface area contributed by atoms with Crippen LogP contribution in [0.1, 0.15) is 33.1 Å². The summed E-state index contributed by atoms with van der Waals surface area (Å²) in [6.07, 6.45) is 3.76. The molecule has 1 aliphatic rings. The summed E-state index contributed by atoms with van der Waals surface area (Å²) in [7, 11) is 3.95. The van der Waals surface area contributed by atoms with Crippen LogP contribution in [0.2, 0.25) is 0 Å². The number of rotatable bonds is 5. The maximum Gasteiger partial charge on any atom is 0.0589 e. The lowest BCUT2D eigenvalue weighted by molar-refractivity contribution is 0.0239. The van der Waals surface area contributed by atoms with Crippen LogP contribution in [0.5, 0.6) is 0 Å². The molecule has 1 aliphatic carbocycles. The Morgan fingerprint density at radius 3 is 2.56 bits per heavy atom. The summed E-state index contributed by atoms with van der Waals surface area (Å²) in [6.45, 7) is 7.26. The molecule has 1 saturated carbocycles. The summed E-state index contributed by atoms with van der Waals surface area (Å²) < 4.78 is 5.16. The van der Waals surface area contributed by atoms with Gasteiger partial charge < -0.3 is 10.5 Å². The molecule has 3 nitrogen and oxygen atoms in total. The van der Waals surface area contributed by atoms with Crippen LogP contribution in [-0.2, 0) is 4.74 Å². The van der Waals surface area contributed by atoms with E-state index < -0.39 is 0 Å². The summed E-state index contributed by atoms with van der Waals surface area (Å²) in [6, 6.07) is 0. The number of hydrogen-bond acceptors (Lipinski definition) is 3. The van der Waals surface area contributed by atoms with Gasteiger partial charge in [0.25, 0.3) is 0 Å². The maximum absolute atomic E-state index is 6.04. The Hall–Kier alpha value is -0.120. The van der Waals surface area contributed by atoms with Crippen LogP contribution < -0.4 is 5.73 Å². The molecule has 0 radical (unpaired) electrons. The van der Waals surface area contributed by atoms with Crippen molar-refractivity contribution in [2.45, 2.75) is 38.6 Å². The molecule has 1 fully saturated rings. The molecule has 0 aromatic heterocycles. The van der Waals surface area contributed by atoms with E-state index in [1.165, 1.54) is 19.3 Å². The van der Waals surface area contributed by atoms with Crippen LogP contribution in [0.3, 0.4) is 0 Å². The fourth-order valence-corrected chi connectivity index (χ4v) is 2.84. The number of nitrogens with two attached hydrogens (primary N) is 1. The van der Waals surface area contributed by atoms with Crippen molar-refractivity contribution in [3.05, 3.63) is 0 Å². The SMILES string of the molecule is COCCN(C)C1(CN)CCC(C)C(C)C1. The van der Waals surface area contributed by atoms with Gasteiger partial charge in [-0.25, -0.2) is 0 Å². The summed E-state index contributed by atoms with van der Waals surface area (Å²) in [4.78, 5) is 2.42. The second-order valence-corrected chi connectivity index (χ2v) is 5.54. The van der Waals surface area contributed by atoms with Crippen LogP contribution in [-0.4, -0.2) is 44.3 Å². The van der Waals surface area contributed by atoms with Gasteiger partial charge in [-0.2, -0.15) is 0 Å². The van der Waals surface area contributed by atoms with Crippen molar-refractivity contribution in [2.24, 2.45) is 17.6 Å². The van der Waals surface area contributed by atoms with E-state index in [2.05, 4.69) is 25.8 Å². The highest BCUT2D eigenvalue weighted by Gasteiger charge is 2.39. The zero-order chi connectivity index (χ0) is 12.2. The van der Waals surface area contributed by atoms with E-state index in [-0.39, 0.29) is 5.54 Å². The van der Waals surface area contributed by atoms with Gasteiger partial charge in [0, 0.05) is 25.7 Å². The van der Waals surface area contributed by atoms with Crippen molar-refractivity contribution in [1.82, 2.24) is 4.90 Å². The van der Waals surface area contributed by atoms with Gasteiger partial charge in [0.15, 0.2) is 0 Å². The van der Waals surface area contributed by atoms with Crippen LogP contribution in [0, 0.1) is 11.8 Å². The quantitative estimate of drug-likeness (QED) is 0.778. The average molecular weight is 228 g/mol. The Balaban J connectivity index is 2.62. The summed E-state index contributed by atoms with van der Waals surface area (Å²) in [5.74, 6) is 1.62. The molecule has 3 unspecified atom stereocenters. The van der Waals surface area contributed by atoms with E-state index in [4.69, 9.17) is 10.5 Å². The Labute approximate surface area is 100 Å². The van der Waals surface area contributed by atoms with Crippen molar-refractivity contribution in [1.29, 1.82) is 0 Å². The first kappa shape index (κ1) is 13.9. The number of likely N-dealkylation sites (N-methyl/N-ethyl adjacent to an activating group) is 1. The second kappa shape index (κ2) is 5.99. The van der Waals surface area contributed by atoms with Gasteiger partial charge >= 0.3 is 0 Å². The third-order valence-corrected chi connectivity index (χ3v) is 4.56. The Bertz CT molecular complexity index is 210. The van der Waals surface area contributed by atoms with Crippen molar-refractivity contribution in [2.75, 3.05) is 33.9 Å². The van der Waals surface area contributed by atoms with Gasteiger partial charge in [0.2, 0.25) is 0 Å². The average Bonchev–Trinajstić information content (AvgIpc) is 2.29. The van der Waals surface area contributed by atoms with Crippen molar-refractivity contribution < 1.29 is 4.74 Å². The first-order valence-electron chi connectivity index (χ1n) is 6.46. The molecular weight excluding hydrogens is 200 g/mol. The van der Waals surface area contributed by atoms with Gasteiger partial charge in [-0.1, -0.05) is 13.8 Å². The van der Waals surface area contributed by atoms with Crippen LogP contribution in [0.4, 0.5) is 0 Å². The highest BCUT2D eigenvalue weighted by molar-refractivity contribution is 4.96. The van der Waals surface area contributed by atoms with Crippen LogP contribution >= 0.6 is 0 Å². The molecular formula is C13H28N2O. The zero-order valence-corrected chi connectivity index (χ0v) is 11.3. The molecule has 0 heterocycles. The first-order chi connectivity index (χ1) is 7.55. The molecule has 0 amide bonds. The lowest BCUT2D eigenvalue weighted by Gasteiger charge is -2.48. The molecule has 0 aliphatic heterocycles. The lowest BCUT2D eigenvalue weighted by atomic mass is 9.70. The summed E-state index contributed by atoms with van der Waals surface area (Å²) in [5, 5.41) is 0. The maximum atomic E-state index is 6.04. The van der Waals surface area contributed by atoms with Crippen LogP contribution in [0.15, 0.2) is 0 Å². The minimum Gasteiger partial charge on any atom is -0.383 e. The Kier molecular flexibility index (Phi) is 5.22. The van der Waals surface area contributed by atoms with E-state index in [0.717, 1.165) is 31.5 Å². The third kappa shape index (κ3) is 2.96. The monoisotopic (exact) mass is 228 g/mol.